The van der Waals surface area contributed by atoms with E-state index in [2.05, 4.69) is 35.1 Å². The predicted molar refractivity (Wildman–Crippen MR) is 136 cm³/mol. The molecule has 3 aromatic rings. The molecule has 3 rings (SSSR count). The van der Waals surface area contributed by atoms with Gasteiger partial charge in [-0.3, -0.25) is 10.1 Å². The Balaban J connectivity index is 1.61. The third-order valence-electron chi connectivity index (χ3n) is 5.27. The van der Waals surface area contributed by atoms with Crippen LogP contribution in [-0.2, 0) is 4.74 Å². The van der Waals surface area contributed by atoms with Gasteiger partial charge in [0.15, 0.2) is 0 Å². The monoisotopic (exact) mass is 491 g/mol. The van der Waals surface area contributed by atoms with Crippen LogP contribution in [0.4, 0.5) is 11.4 Å². The molecule has 0 spiro atoms. The molecule has 35 heavy (non-hydrogen) atoms. The summed E-state index contributed by atoms with van der Waals surface area (Å²) in [5.74, 6) is -0.376. The second kappa shape index (κ2) is 12.4. The quantitative estimate of drug-likeness (QED) is 0.168. The number of nitro benzene ring substituents is 1. The Labute approximate surface area is 207 Å². The highest BCUT2D eigenvalue weighted by Gasteiger charge is 2.12. The fourth-order valence-electron chi connectivity index (χ4n) is 3.17. The van der Waals surface area contributed by atoms with Crippen LogP contribution in [0.3, 0.4) is 0 Å². The van der Waals surface area contributed by atoms with E-state index in [4.69, 9.17) is 4.74 Å². The molecule has 2 aromatic carbocycles. The number of nitro groups is 1. The zero-order chi connectivity index (χ0) is 25.2. The lowest BCUT2D eigenvalue weighted by Crippen LogP contribution is -2.27. The van der Waals surface area contributed by atoms with Crippen molar-refractivity contribution in [2.24, 2.45) is 0 Å². The first-order chi connectivity index (χ1) is 16.9. The van der Waals surface area contributed by atoms with Crippen LogP contribution in [0.5, 0.6) is 0 Å². The van der Waals surface area contributed by atoms with Crippen molar-refractivity contribution in [2.75, 3.05) is 31.6 Å². The molecule has 1 heterocycles. The number of thiazole rings is 1. The average Bonchev–Trinajstić information content (AvgIpc) is 3.37. The van der Waals surface area contributed by atoms with E-state index in [0.717, 1.165) is 18.7 Å². The summed E-state index contributed by atoms with van der Waals surface area (Å²) < 4.78 is 5.34. The summed E-state index contributed by atoms with van der Waals surface area (Å²) >= 11 is 1.30. The summed E-state index contributed by atoms with van der Waals surface area (Å²) in [6.45, 7) is 6.98. The van der Waals surface area contributed by atoms with E-state index in [1.165, 1.54) is 23.5 Å². The molecule has 0 aliphatic rings. The van der Waals surface area contributed by atoms with Gasteiger partial charge in [0.25, 0.3) is 5.69 Å². The number of hydrogen-bond acceptors (Lipinski definition) is 9. The van der Waals surface area contributed by atoms with Crippen molar-refractivity contribution in [3.8, 4) is 17.3 Å². The van der Waals surface area contributed by atoms with E-state index in [1.54, 1.807) is 48.0 Å². The number of esters is 1. The predicted octanol–water partition coefficient (Wildman–Crippen LogP) is 5.19. The van der Waals surface area contributed by atoms with Gasteiger partial charge < -0.3 is 15.0 Å². The number of nitrogens with one attached hydrogen (secondary N) is 1. The largest absolute Gasteiger partial charge is 0.461 e. The van der Waals surface area contributed by atoms with Gasteiger partial charge in [-0.25, -0.2) is 9.78 Å². The molecular weight excluding hydrogens is 466 g/mol. The second-order valence-corrected chi connectivity index (χ2v) is 8.25. The molecule has 10 heteroatoms. The van der Waals surface area contributed by atoms with E-state index in [-0.39, 0.29) is 11.7 Å². The molecule has 1 N–H and O–H groups in total. The average molecular weight is 492 g/mol. The number of hydrogen-bond donors (Lipinski definition) is 1. The summed E-state index contributed by atoms with van der Waals surface area (Å²) in [5, 5.41) is 25.8. The number of carbonyl (C=O) groups excluding carboxylic acids is 1. The SMILES string of the molecule is CCN(CC)CCOC(=O)c1ccc(NC=C(C#N)c2nc(-c3ccc([N+](=O)[O-])cc3)cs2)cc1. The molecule has 0 saturated carbocycles. The minimum absolute atomic E-state index is 0.00456. The Morgan fingerprint density at radius 2 is 1.89 bits per heavy atom. The highest BCUT2D eigenvalue weighted by Crippen LogP contribution is 2.27. The number of allylic oxidation sites excluding steroid dienone is 1. The summed E-state index contributed by atoms with van der Waals surface area (Å²) in [6, 6.07) is 15.0. The first kappa shape index (κ1) is 25.6. The zero-order valence-electron chi connectivity index (χ0n) is 19.4. The van der Waals surface area contributed by atoms with Crippen molar-refractivity contribution in [1.82, 2.24) is 9.88 Å². The number of likely N-dealkylation sites (N-methyl/N-ethyl adjacent to an activating group) is 1. The number of benzene rings is 2. The lowest BCUT2D eigenvalue weighted by atomic mass is 10.1. The number of carbonyl (C=O) groups is 1. The van der Waals surface area contributed by atoms with Crippen LogP contribution < -0.4 is 5.32 Å². The minimum Gasteiger partial charge on any atom is -0.461 e. The van der Waals surface area contributed by atoms with Gasteiger partial charge in [0.2, 0.25) is 0 Å². The molecule has 0 aliphatic heterocycles. The second-order valence-electron chi connectivity index (χ2n) is 7.40. The maximum Gasteiger partial charge on any atom is 0.338 e. The van der Waals surface area contributed by atoms with Crippen molar-refractivity contribution in [1.29, 1.82) is 5.26 Å². The van der Waals surface area contributed by atoms with Gasteiger partial charge in [-0.2, -0.15) is 5.26 Å². The number of non-ortho nitro benzene ring substituents is 1. The van der Waals surface area contributed by atoms with Crippen LogP contribution in [0.1, 0.15) is 29.2 Å². The Morgan fingerprint density at radius 3 is 2.49 bits per heavy atom. The number of anilines is 1. The molecule has 180 valence electrons. The number of rotatable bonds is 11. The molecule has 0 unspecified atom stereocenters. The van der Waals surface area contributed by atoms with Crippen LogP contribution >= 0.6 is 11.3 Å². The minimum atomic E-state index is -0.457. The molecule has 0 radical (unpaired) electrons. The van der Waals surface area contributed by atoms with Crippen molar-refractivity contribution in [2.45, 2.75) is 13.8 Å². The van der Waals surface area contributed by atoms with Crippen LogP contribution in [0.15, 0.2) is 60.1 Å². The van der Waals surface area contributed by atoms with E-state index < -0.39 is 4.92 Å². The summed E-state index contributed by atoms with van der Waals surface area (Å²) in [7, 11) is 0. The van der Waals surface area contributed by atoms with E-state index in [1.807, 2.05) is 0 Å². The maximum absolute atomic E-state index is 12.2. The van der Waals surface area contributed by atoms with Gasteiger partial charge >= 0.3 is 5.97 Å². The lowest BCUT2D eigenvalue weighted by molar-refractivity contribution is -0.384. The van der Waals surface area contributed by atoms with Crippen LogP contribution in [0.2, 0.25) is 0 Å². The fraction of sp³-hybridized carbons (Fsp3) is 0.240. The van der Waals surface area contributed by atoms with Gasteiger partial charge in [0.05, 0.1) is 16.2 Å². The van der Waals surface area contributed by atoms with Crippen LogP contribution in [0.25, 0.3) is 16.8 Å². The molecule has 0 fully saturated rings. The Bertz CT molecular complexity index is 1230. The smallest absolute Gasteiger partial charge is 0.338 e. The Kier molecular flexibility index (Phi) is 9.06. The summed E-state index contributed by atoms with van der Waals surface area (Å²) in [5.41, 5.74) is 2.85. The zero-order valence-corrected chi connectivity index (χ0v) is 20.2. The summed E-state index contributed by atoms with van der Waals surface area (Å²) in [4.78, 5) is 29.3. The molecule has 0 atom stereocenters. The highest BCUT2D eigenvalue weighted by molar-refractivity contribution is 7.11. The van der Waals surface area contributed by atoms with Crippen molar-refractivity contribution in [3.63, 3.8) is 0 Å². The summed E-state index contributed by atoms with van der Waals surface area (Å²) in [6.07, 6.45) is 1.55. The van der Waals surface area contributed by atoms with Crippen LogP contribution in [0, 0.1) is 21.4 Å². The van der Waals surface area contributed by atoms with Gasteiger partial charge in [0.1, 0.15) is 23.3 Å². The molecular formula is C25H25N5O4S. The van der Waals surface area contributed by atoms with Gasteiger partial charge in [-0.05, 0) is 49.5 Å². The van der Waals surface area contributed by atoms with Gasteiger partial charge in [-0.15, -0.1) is 11.3 Å². The number of aromatic nitrogens is 1. The first-order valence-corrected chi connectivity index (χ1v) is 11.9. The normalized spacial score (nSPS) is 11.2. The van der Waals surface area contributed by atoms with Crippen molar-refractivity contribution >= 4 is 34.3 Å². The molecule has 9 nitrogen and oxygen atoms in total. The number of nitrogens with zero attached hydrogens (tertiary/aromatic N) is 4. The van der Waals surface area contributed by atoms with Gasteiger partial charge in [-0.1, -0.05) is 13.8 Å². The van der Waals surface area contributed by atoms with E-state index >= 15 is 0 Å². The van der Waals surface area contributed by atoms with Crippen molar-refractivity contribution < 1.29 is 14.5 Å². The standard InChI is InChI=1S/C25H25N5O4S/c1-3-29(4-2)13-14-34-25(31)19-5-9-21(10-6-19)27-16-20(15-26)24-28-23(17-35-24)18-7-11-22(12-8-18)30(32)33/h5-12,16-17,27H,3-4,13-14H2,1-2H3. The molecule has 0 aliphatic carbocycles. The number of ether oxygens (including phenoxy) is 1. The topological polar surface area (TPSA) is 121 Å². The molecule has 0 bridgehead atoms. The molecule has 0 amide bonds. The third-order valence-corrected chi connectivity index (χ3v) is 6.14. The lowest BCUT2D eigenvalue weighted by Gasteiger charge is -2.17. The van der Waals surface area contributed by atoms with E-state index in [9.17, 15) is 20.2 Å². The number of nitriles is 1. The Hall–Kier alpha value is -4.07. The van der Waals surface area contributed by atoms with Crippen LogP contribution in [-0.4, -0.2) is 47.0 Å². The molecule has 0 saturated heterocycles. The highest BCUT2D eigenvalue weighted by atomic mass is 32.1. The maximum atomic E-state index is 12.2. The van der Waals surface area contributed by atoms with Crippen molar-refractivity contribution in [3.05, 3.63) is 80.8 Å². The van der Waals surface area contributed by atoms with E-state index in [0.29, 0.717) is 40.7 Å². The third kappa shape index (κ3) is 6.96. The van der Waals surface area contributed by atoms with Gasteiger partial charge in [0, 0.05) is 41.5 Å². The Morgan fingerprint density at radius 1 is 1.20 bits per heavy atom. The fourth-order valence-corrected chi connectivity index (χ4v) is 3.97. The molecule has 1 aromatic heterocycles. The first-order valence-electron chi connectivity index (χ1n) is 11.0.